The van der Waals surface area contributed by atoms with E-state index in [1.165, 1.54) is 18.3 Å². The van der Waals surface area contributed by atoms with E-state index in [4.69, 9.17) is 32.7 Å². The summed E-state index contributed by atoms with van der Waals surface area (Å²) in [5, 5.41) is 4.56. The van der Waals surface area contributed by atoms with Gasteiger partial charge in [0, 0.05) is 5.02 Å². The van der Waals surface area contributed by atoms with Crippen LogP contribution in [-0.4, -0.2) is 24.7 Å². The van der Waals surface area contributed by atoms with Crippen molar-refractivity contribution < 1.29 is 19.1 Å². The van der Waals surface area contributed by atoms with E-state index < -0.39 is 5.97 Å². The van der Waals surface area contributed by atoms with Crippen LogP contribution in [0.4, 0.5) is 0 Å². The van der Waals surface area contributed by atoms with Crippen LogP contribution in [0.2, 0.25) is 10.0 Å². The smallest absolute Gasteiger partial charge is 0.345 e. The van der Waals surface area contributed by atoms with Crippen molar-refractivity contribution in [2.75, 3.05) is 6.61 Å². The number of hydrazone groups is 1. The first kappa shape index (κ1) is 23.3. The normalized spacial score (nSPS) is 10.8. The van der Waals surface area contributed by atoms with Gasteiger partial charge in [0.1, 0.15) is 11.5 Å². The SMILES string of the molecule is Cc1cccc(C)c1OCC(=O)N/N=C/c1ccc(OC(=O)c2ccc(Cl)cc2Cl)cc1. The number of hydrogen-bond acceptors (Lipinski definition) is 5. The van der Waals surface area contributed by atoms with Crippen molar-refractivity contribution in [1.29, 1.82) is 0 Å². The number of hydrogen-bond donors (Lipinski definition) is 1. The van der Waals surface area contributed by atoms with Crippen molar-refractivity contribution in [3.05, 3.63) is 93.0 Å². The molecule has 164 valence electrons. The van der Waals surface area contributed by atoms with Gasteiger partial charge >= 0.3 is 5.97 Å². The molecule has 6 nitrogen and oxygen atoms in total. The van der Waals surface area contributed by atoms with Crippen molar-refractivity contribution in [2.45, 2.75) is 13.8 Å². The van der Waals surface area contributed by atoms with E-state index in [0.717, 1.165) is 11.1 Å². The van der Waals surface area contributed by atoms with Crippen LogP contribution >= 0.6 is 23.2 Å². The van der Waals surface area contributed by atoms with Crippen LogP contribution in [0.1, 0.15) is 27.0 Å². The molecule has 0 saturated heterocycles. The minimum absolute atomic E-state index is 0.148. The fourth-order valence-electron chi connectivity index (χ4n) is 2.81. The molecule has 0 radical (unpaired) electrons. The maximum Gasteiger partial charge on any atom is 0.345 e. The number of aryl methyl sites for hydroxylation is 2. The Bertz CT molecular complexity index is 1140. The first-order valence-electron chi connectivity index (χ1n) is 9.61. The fraction of sp³-hybridized carbons (Fsp3) is 0.125. The molecule has 0 aromatic heterocycles. The Morgan fingerprint density at radius 1 is 1.00 bits per heavy atom. The number of nitrogens with zero attached hydrogens (tertiary/aromatic N) is 1. The van der Waals surface area contributed by atoms with Crippen LogP contribution in [0, 0.1) is 13.8 Å². The number of para-hydroxylation sites is 1. The van der Waals surface area contributed by atoms with Crippen molar-refractivity contribution in [3.8, 4) is 11.5 Å². The molecule has 0 heterocycles. The number of rotatable bonds is 7. The number of halogens is 2. The summed E-state index contributed by atoms with van der Waals surface area (Å²) in [6.07, 6.45) is 1.47. The van der Waals surface area contributed by atoms with Crippen molar-refractivity contribution in [1.82, 2.24) is 5.43 Å². The van der Waals surface area contributed by atoms with E-state index >= 15 is 0 Å². The molecule has 0 saturated carbocycles. The Balaban J connectivity index is 1.50. The van der Waals surface area contributed by atoms with Gasteiger partial charge in [-0.3, -0.25) is 4.79 Å². The largest absolute Gasteiger partial charge is 0.483 e. The number of ether oxygens (including phenoxy) is 2. The number of carbonyl (C=O) groups is 2. The Morgan fingerprint density at radius 2 is 1.69 bits per heavy atom. The maximum atomic E-state index is 12.2. The molecule has 32 heavy (non-hydrogen) atoms. The van der Waals surface area contributed by atoms with Crippen molar-refractivity contribution in [2.24, 2.45) is 5.10 Å². The van der Waals surface area contributed by atoms with E-state index in [1.54, 1.807) is 30.3 Å². The predicted molar refractivity (Wildman–Crippen MR) is 125 cm³/mol. The van der Waals surface area contributed by atoms with Gasteiger partial charge in [0.05, 0.1) is 16.8 Å². The van der Waals surface area contributed by atoms with Gasteiger partial charge in [-0.25, -0.2) is 10.2 Å². The second-order valence-electron chi connectivity index (χ2n) is 6.89. The molecular formula is C24H20Cl2N2O4. The lowest BCUT2D eigenvalue weighted by molar-refractivity contribution is -0.123. The molecule has 1 N–H and O–H groups in total. The summed E-state index contributed by atoms with van der Waals surface area (Å²) in [6, 6.07) is 16.9. The van der Waals surface area contributed by atoms with Crippen LogP contribution in [0.5, 0.6) is 11.5 Å². The van der Waals surface area contributed by atoms with Crippen LogP contribution in [0.25, 0.3) is 0 Å². The molecule has 0 aliphatic heterocycles. The predicted octanol–water partition coefficient (Wildman–Crippen LogP) is 5.36. The quantitative estimate of drug-likeness (QED) is 0.218. The van der Waals surface area contributed by atoms with Crippen LogP contribution < -0.4 is 14.9 Å². The summed E-state index contributed by atoms with van der Waals surface area (Å²) in [7, 11) is 0. The highest BCUT2D eigenvalue weighted by Gasteiger charge is 2.13. The van der Waals surface area contributed by atoms with Gasteiger partial charge in [-0.05, 0) is 73.0 Å². The number of benzene rings is 3. The lowest BCUT2D eigenvalue weighted by Crippen LogP contribution is -2.25. The first-order valence-corrected chi connectivity index (χ1v) is 10.4. The highest BCUT2D eigenvalue weighted by Crippen LogP contribution is 2.23. The highest BCUT2D eigenvalue weighted by atomic mass is 35.5. The van der Waals surface area contributed by atoms with Crippen LogP contribution in [0.15, 0.2) is 65.8 Å². The molecule has 0 fully saturated rings. The summed E-state index contributed by atoms with van der Waals surface area (Å²) in [4.78, 5) is 24.2. The number of esters is 1. The van der Waals surface area contributed by atoms with E-state index in [1.807, 2.05) is 32.0 Å². The molecule has 3 rings (SSSR count). The molecule has 0 unspecified atom stereocenters. The number of carbonyl (C=O) groups excluding carboxylic acids is 2. The van der Waals surface area contributed by atoms with Gasteiger partial charge in [0.15, 0.2) is 6.61 Å². The molecule has 0 spiro atoms. The average Bonchev–Trinajstić information content (AvgIpc) is 2.74. The van der Waals surface area contributed by atoms with Gasteiger partial charge in [-0.2, -0.15) is 5.10 Å². The summed E-state index contributed by atoms with van der Waals surface area (Å²) < 4.78 is 10.9. The van der Waals surface area contributed by atoms with Crippen molar-refractivity contribution >= 4 is 41.3 Å². The van der Waals surface area contributed by atoms with Crippen LogP contribution in [-0.2, 0) is 4.79 Å². The molecule has 0 bridgehead atoms. The molecule has 8 heteroatoms. The average molecular weight is 471 g/mol. The number of nitrogens with one attached hydrogen (secondary N) is 1. The molecule has 0 aliphatic rings. The topological polar surface area (TPSA) is 77.0 Å². The highest BCUT2D eigenvalue weighted by molar-refractivity contribution is 6.36. The lowest BCUT2D eigenvalue weighted by Gasteiger charge is -2.10. The van der Waals surface area contributed by atoms with Gasteiger partial charge in [0.25, 0.3) is 5.91 Å². The van der Waals surface area contributed by atoms with E-state index in [-0.39, 0.29) is 23.1 Å². The lowest BCUT2D eigenvalue weighted by atomic mass is 10.1. The first-order chi connectivity index (χ1) is 15.3. The van der Waals surface area contributed by atoms with Gasteiger partial charge in [0.2, 0.25) is 0 Å². The zero-order valence-electron chi connectivity index (χ0n) is 17.4. The third-order valence-electron chi connectivity index (χ3n) is 4.40. The third kappa shape index (κ3) is 6.33. The van der Waals surface area contributed by atoms with E-state index in [9.17, 15) is 9.59 Å². The molecule has 0 aliphatic carbocycles. The van der Waals surface area contributed by atoms with Gasteiger partial charge < -0.3 is 9.47 Å². The Morgan fingerprint density at radius 3 is 2.34 bits per heavy atom. The summed E-state index contributed by atoms with van der Waals surface area (Å²) >= 11 is 11.9. The summed E-state index contributed by atoms with van der Waals surface area (Å²) in [5.41, 5.74) is 5.25. The third-order valence-corrected chi connectivity index (χ3v) is 4.95. The summed E-state index contributed by atoms with van der Waals surface area (Å²) in [5.74, 6) is 0.0550. The standard InChI is InChI=1S/C24H20Cl2N2O4/c1-15-4-3-5-16(2)23(15)31-14-22(29)28-27-13-17-6-9-19(10-7-17)32-24(30)20-11-8-18(25)12-21(20)26/h3-13H,14H2,1-2H3,(H,28,29)/b27-13+. The maximum absolute atomic E-state index is 12.2. The Kier molecular flexibility index (Phi) is 7.87. The van der Waals surface area contributed by atoms with E-state index in [2.05, 4.69) is 10.5 Å². The minimum atomic E-state index is -0.593. The second kappa shape index (κ2) is 10.8. The Labute approximate surface area is 195 Å². The minimum Gasteiger partial charge on any atom is -0.483 e. The monoisotopic (exact) mass is 470 g/mol. The number of amides is 1. The second-order valence-corrected chi connectivity index (χ2v) is 7.73. The molecule has 0 atom stereocenters. The molecular weight excluding hydrogens is 451 g/mol. The molecule has 1 amide bonds. The van der Waals surface area contributed by atoms with Crippen LogP contribution in [0.3, 0.4) is 0 Å². The summed E-state index contributed by atoms with van der Waals surface area (Å²) in [6.45, 7) is 3.69. The fourth-order valence-corrected chi connectivity index (χ4v) is 3.30. The zero-order chi connectivity index (χ0) is 23.1. The van der Waals surface area contributed by atoms with Crippen molar-refractivity contribution in [3.63, 3.8) is 0 Å². The molecule has 3 aromatic carbocycles. The zero-order valence-corrected chi connectivity index (χ0v) is 18.9. The Hall–Kier alpha value is -3.35. The van der Waals surface area contributed by atoms with Gasteiger partial charge in [-0.1, -0.05) is 41.4 Å². The molecule has 3 aromatic rings. The van der Waals surface area contributed by atoms with Gasteiger partial charge in [-0.15, -0.1) is 0 Å². The van der Waals surface area contributed by atoms with E-state index in [0.29, 0.717) is 22.1 Å².